The lowest BCUT2D eigenvalue weighted by Gasteiger charge is -2.23. The summed E-state index contributed by atoms with van der Waals surface area (Å²) >= 11 is 3.44. The number of para-hydroxylation sites is 1. The first-order chi connectivity index (χ1) is 11.4. The second kappa shape index (κ2) is 8.11. The Morgan fingerprint density at radius 2 is 1.88 bits per heavy atom. The zero-order valence-electron chi connectivity index (χ0n) is 14.1. The summed E-state index contributed by atoms with van der Waals surface area (Å²) in [6, 6.07) is 13.3. The van der Waals surface area contributed by atoms with E-state index in [1.54, 1.807) is 0 Å². The summed E-state index contributed by atoms with van der Waals surface area (Å²) in [5.41, 5.74) is 3.58. The van der Waals surface area contributed by atoms with E-state index in [0.717, 1.165) is 27.7 Å². The molecule has 0 radical (unpaired) electrons. The Morgan fingerprint density at radius 1 is 1.17 bits per heavy atom. The van der Waals surface area contributed by atoms with Gasteiger partial charge in [0.25, 0.3) is 0 Å². The van der Waals surface area contributed by atoms with Crippen molar-refractivity contribution < 1.29 is 9.59 Å². The number of hydrogen-bond donors (Lipinski definition) is 1. The van der Waals surface area contributed by atoms with Gasteiger partial charge in [-0.2, -0.15) is 0 Å². The Kier molecular flexibility index (Phi) is 6.15. The van der Waals surface area contributed by atoms with Crippen molar-refractivity contribution in [3.63, 3.8) is 0 Å². The Balaban J connectivity index is 2.17. The number of carbonyl (C=O) groups is 2. The third-order valence-electron chi connectivity index (χ3n) is 3.79. The van der Waals surface area contributed by atoms with Gasteiger partial charge in [-0.3, -0.25) is 9.59 Å². The zero-order chi connectivity index (χ0) is 17.7. The van der Waals surface area contributed by atoms with Gasteiger partial charge in [0.05, 0.1) is 0 Å². The Morgan fingerprint density at radius 3 is 2.50 bits per heavy atom. The molecule has 0 aliphatic carbocycles. The van der Waals surface area contributed by atoms with E-state index in [9.17, 15) is 9.59 Å². The standard InChI is InChI=1S/C19H21BrN2O2/c1-4-15-7-5-6-8-18(15)22(14(3)23)12-19(24)21-16-9-10-17(20)13(2)11-16/h5-11H,4,12H2,1-3H3,(H,21,24). The van der Waals surface area contributed by atoms with Gasteiger partial charge < -0.3 is 10.2 Å². The van der Waals surface area contributed by atoms with Crippen molar-refractivity contribution in [2.45, 2.75) is 27.2 Å². The fourth-order valence-corrected chi connectivity index (χ4v) is 2.75. The summed E-state index contributed by atoms with van der Waals surface area (Å²) in [5, 5.41) is 2.85. The molecule has 0 aliphatic heterocycles. The third kappa shape index (κ3) is 4.45. The van der Waals surface area contributed by atoms with Crippen LogP contribution in [0.15, 0.2) is 46.9 Å². The van der Waals surface area contributed by atoms with E-state index >= 15 is 0 Å². The number of nitrogens with one attached hydrogen (secondary N) is 1. The minimum absolute atomic E-state index is 0.0124. The smallest absolute Gasteiger partial charge is 0.244 e. The molecule has 0 spiro atoms. The van der Waals surface area contributed by atoms with E-state index < -0.39 is 0 Å². The molecule has 5 heteroatoms. The molecule has 0 unspecified atom stereocenters. The number of hydrogen-bond acceptors (Lipinski definition) is 2. The minimum atomic E-state index is -0.224. The van der Waals surface area contributed by atoms with Crippen LogP contribution in [0.1, 0.15) is 25.0 Å². The summed E-state index contributed by atoms with van der Waals surface area (Å²) in [6.45, 7) is 5.45. The summed E-state index contributed by atoms with van der Waals surface area (Å²) in [6.07, 6.45) is 0.799. The summed E-state index contributed by atoms with van der Waals surface area (Å²) in [5.74, 6) is -0.379. The predicted octanol–water partition coefficient (Wildman–Crippen LogP) is 4.31. The molecule has 2 amide bonds. The third-order valence-corrected chi connectivity index (χ3v) is 4.68. The number of nitrogens with zero attached hydrogens (tertiary/aromatic N) is 1. The van der Waals surface area contributed by atoms with Gasteiger partial charge in [-0.15, -0.1) is 0 Å². The van der Waals surface area contributed by atoms with Crippen molar-refractivity contribution in [2.75, 3.05) is 16.8 Å². The molecule has 2 aromatic carbocycles. The Hall–Kier alpha value is -2.14. The molecule has 0 atom stereocenters. The maximum Gasteiger partial charge on any atom is 0.244 e. The zero-order valence-corrected chi connectivity index (χ0v) is 15.7. The molecule has 4 nitrogen and oxygen atoms in total. The highest BCUT2D eigenvalue weighted by molar-refractivity contribution is 9.10. The fourth-order valence-electron chi connectivity index (χ4n) is 2.51. The molecule has 0 saturated heterocycles. The summed E-state index contributed by atoms with van der Waals surface area (Å²) in [4.78, 5) is 25.9. The number of amides is 2. The van der Waals surface area contributed by atoms with Gasteiger partial charge in [-0.1, -0.05) is 41.1 Å². The molecule has 0 fully saturated rings. The van der Waals surface area contributed by atoms with Gasteiger partial charge in [0.1, 0.15) is 6.54 Å². The molecule has 1 N–H and O–H groups in total. The van der Waals surface area contributed by atoms with Crippen LogP contribution in [0, 0.1) is 6.92 Å². The lowest BCUT2D eigenvalue weighted by molar-refractivity contribution is -0.120. The molecular formula is C19H21BrN2O2. The van der Waals surface area contributed by atoms with Crippen LogP contribution in [0.2, 0.25) is 0 Å². The van der Waals surface area contributed by atoms with Crippen molar-refractivity contribution in [1.29, 1.82) is 0 Å². The van der Waals surface area contributed by atoms with Gasteiger partial charge in [0.2, 0.25) is 11.8 Å². The lowest BCUT2D eigenvalue weighted by atomic mass is 10.1. The van der Waals surface area contributed by atoms with Crippen LogP contribution in [0.4, 0.5) is 11.4 Å². The fraction of sp³-hybridized carbons (Fsp3) is 0.263. The largest absolute Gasteiger partial charge is 0.325 e. The predicted molar refractivity (Wildman–Crippen MR) is 101 cm³/mol. The molecule has 0 aliphatic rings. The van der Waals surface area contributed by atoms with E-state index in [4.69, 9.17) is 0 Å². The topological polar surface area (TPSA) is 49.4 Å². The quantitative estimate of drug-likeness (QED) is 0.829. The van der Waals surface area contributed by atoms with Gasteiger partial charge in [-0.25, -0.2) is 0 Å². The highest BCUT2D eigenvalue weighted by atomic mass is 79.9. The van der Waals surface area contributed by atoms with E-state index in [1.165, 1.54) is 11.8 Å². The van der Waals surface area contributed by atoms with Crippen molar-refractivity contribution >= 4 is 39.1 Å². The van der Waals surface area contributed by atoms with E-state index in [2.05, 4.69) is 21.2 Å². The van der Waals surface area contributed by atoms with Crippen molar-refractivity contribution in [1.82, 2.24) is 0 Å². The van der Waals surface area contributed by atoms with Crippen LogP contribution < -0.4 is 10.2 Å². The molecule has 0 bridgehead atoms. The number of anilines is 2. The van der Waals surface area contributed by atoms with Crippen molar-refractivity contribution in [3.8, 4) is 0 Å². The molecular weight excluding hydrogens is 368 g/mol. The van der Waals surface area contributed by atoms with Crippen LogP contribution in [0.25, 0.3) is 0 Å². The number of aryl methyl sites for hydroxylation is 2. The lowest BCUT2D eigenvalue weighted by Crippen LogP contribution is -2.37. The monoisotopic (exact) mass is 388 g/mol. The normalized spacial score (nSPS) is 10.3. The van der Waals surface area contributed by atoms with Gasteiger partial charge in [-0.05, 0) is 48.7 Å². The van der Waals surface area contributed by atoms with Gasteiger partial charge >= 0.3 is 0 Å². The Labute approximate surface area is 151 Å². The van der Waals surface area contributed by atoms with Crippen LogP contribution in [-0.2, 0) is 16.0 Å². The van der Waals surface area contributed by atoms with E-state index in [1.807, 2.05) is 56.3 Å². The van der Waals surface area contributed by atoms with Crippen LogP contribution in [-0.4, -0.2) is 18.4 Å². The van der Waals surface area contributed by atoms with Gasteiger partial charge in [0, 0.05) is 22.8 Å². The number of rotatable bonds is 5. The minimum Gasteiger partial charge on any atom is -0.325 e. The Bertz CT molecular complexity index is 759. The summed E-state index contributed by atoms with van der Waals surface area (Å²) < 4.78 is 0.989. The average molecular weight is 389 g/mol. The van der Waals surface area contributed by atoms with Crippen LogP contribution in [0.3, 0.4) is 0 Å². The molecule has 126 valence electrons. The van der Waals surface area contributed by atoms with Crippen LogP contribution in [0.5, 0.6) is 0 Å². The average Bonchev–Trinajstić information content (AvgIpc) is 2.56. The maximum atomic E-state index is 12.4. The molecule has 0 heterocycles. The second-order valence-corrected chi connectivity index (χ2v) is 6.45. The molecule has 2 rings (SSSR count). The highest BCUT2D eigenvalue weighted by Crippen LogP contribution is 2.22. The highest BCUT2D eigenvalue weighted by Gasteiger charge is 2.18. The van der Waals surface area contributed by atoms with Crippen molar-refractivity contribution in [2.24, 2.45) is 0 Å². The van der Waals surface area contributed by atoms with E-state index in [-0.39, 0.29) is 18.4 Å². The summed E-state index contributed by atoms with van der Waals surface area (Å²) in [7, 11) is 0. The van der Waals surface area contributed by atoms with Gasteiger partial charge in [0.15, 0.2) is 0 Å². The molecule has 0 saturated carbocycles. The first-order valence-electron chi connectivity index (χ1n) is 7.84. The second-order valence-electron chi connectivity index (χ2n) is 5.60. The molecule has 0 aromatic heterocycles. The maximum absolute atomic E-state index is 12.4. The van der Waals surface area contributed by atoms with Crippen LogP contribution >= 0.6 is 15.9 Å². The molecule has 2 aromatic rings. The number of carbonyl (C=O) groups excluding carboxylic acids is 2. The SMILES string of the molecule is CCc1ccccc1N(CC(=O)Nc1ccc(Br)c(C)c1)C(C)=O. The van der Waals surface area contributed by atoms with Crippen molar-refractivity contribution in [3.05, 3.63) is 58.1 Å². The number of benzene rings is 2. The molecule has 24 heavy (non-hydrogen) atoms. The van der Waals surface area contributed by atoms with E-state index in [0.29, 0.717) is 5.69 Å². The number of halogens is 1. The first-order valence-corrected chi connectivity index (χ1v) is 8.63. The first kappa shape index (κ1) is 18.2.